The van der Waals surface area contributed by atoms with E-state index in [1.54, 1.807) is 19.1 Å². The fourth-order valence-corrected chi connectivity index (χ4v) is 1.93. The summed E-state index contributed by atoms with van der Waals surface area (Å²) in [5, 5.41) is 14.4. The highest BCUT2D eigenvalue weighted by molar-refractivity contribution is 6.05. The van der Waals surface area contributed by atoms with E-state index in [2.05, 4.69) is 20.6 Å². The minimum Gasteiger partial charge on any atom is -0.293 e. The Morgan fingerprint density at radius 2 is 1.90 bits per heavy atom. The standard InChI is InChI=1S/C13H11N5O2/c1-8-7-10(19)14-13-16-15-11(12(20)18(13)17-8)9-5-3-2-4-6-9/h2-6H,7H2,1H3,(H,14,16,19). The van der Waals surface area contributed by atoms with E-state index in [-0.39, 0.29) is 24.0 Å². The molecule has 0 saturated carbocycles. The van der Waals surface area contributed by atoms with Gasteiger partial charge in [-0.15, -0.1) is 10.2 Å². The van der Waals surface area contributed by atoms with Crippen molar-refractivity contribution in [3.05, 3.63) is 40.7 Å². The fraction of sp³-hybridized carbons (Fsp3) is 0.154. The van der Waals surface area contributed by atoms with E-state index in [0.717, 1.165) is 4.68 Å². The third-order valence-electron chi connectivity index (χ3n) is 2.83. The zero-order chi connectivity index (χ0) is 14.1. The molecule has 0 fully saturated rings. The van der Waals surface area contributed by atoms with Crippen LogP contribution in [0.1, 0.15) is 13.3 Å². The van der Waals surface area contributed by atoms with Crippen molar-refractivity contribution in [1.29, 1.82) is 0 Å². The van der Waals surface area contributed by atoms with Crippen molar-refractivity contribution in [2.45, 2.75) is 13.3 Å². The first-order chi connectivity index (χ1) is 9.65. The number of hydrogen-bond acceptors (Lipinski definition) is 5. The van der Waals surface area contributed by atoms with Crippen LogP contribution in [0.3, 0.4) is 0 Å². The van der Waals surface area contributed by atoms with Gasteiger partial charge in [0.15, 0.2) is 5.69 Å². The average Bonchev–Trinajstić information content (AvgIpc) is 2.58. The molecule has 1 aliphatic heterocycles. The van der Waals surface area contributed by atoms with E-state index < -0.39 is 5.56 Å². The van der Waals surface area contributed by atoms with Crippen LogP contribution in [0.5, 0.6) is 0 Å². The molecule has 1 amide bonds. The number of aromatic nitrogens is 3. The van der Waals surface area contributed by atoms with Crippen LogP contribution in [0.25, 0.3) is 11.3 Å². The number of amides is 1. The summed E-state index contributed by atoms with van der Waals surface area (Å²) >= 11 is 0. The highest BCUT2D eigenvalue weighted by Crippen LogP contribution is 2.13. The van der Waals surface area contributed by atoms with E-state index in [0.29, 0.717) is 11.3 Å². The number of anilines is 1. The maximum atomic E-state index is 12.4. The maximum absolute atomic E-state index is 12.4. The van der Waals surface area contributed by atoms with Gasteiger partial charge in [-0.1, -0.05) is 30.3 Å². The molecule has 7 heteroatoms. The van der Waals surface area contributed by atoms with Gasteiger partial charge in [-0.3, -0.25) is 14.9 Å². The Balaban J connectivity index is 2.22. The lowest BCUT2D eigenvalue weighted by molar-refractivity contribution is -0.115. The number of benzene rings is 1. The summed E-state index contributed by atoms with van der Waals surface area (Å²) < 4.78 is 1.08. The quantitative estimate of drug-likeness (QED) is 0.831. The second-order valence-electron chi connectivity index (χ2n) is 4.42. The summed E-state index contributed by atoms with van der Waals surface area (Å²) in [6.07, 6.45) is 0.128. The summed E-state index contributed by atoms with van der Waals surface area (Å²) in [7, 11) is 0. The molecule has 2 heterocycles. The van der Waals surface area contributed by atoms with Gasteiger partial charge in [-0.05, 0) is 6.92 Å². The van der Waals surface area contributed by atoms with Crippen LogP contribution in [0.4, 0.5) is 5.95 Å². The van der Waals surface area contributed by atoms with Crippen LogP contribution in [0.15, 0.2) is 40.2 Å². The highest BCUT2D eigenvalue weighted by atomic mass is 16.2. The first-order valence-electron chi connectivity index (χ1n) is 6.04. The van der Waals surface area contributed by atoms with Gasteiger partial charge in [0, 0.05) is 11.3 Å². The van der Waals surface area contributed by atoms with Crippen LogP contribution in [0, 0.1) is 0 Å². The van der Waals surface area contributed by atoms with Crippen molar-refractivity contribution in [2.24, 2.45) is 5.10 Å². The van der Waals surface area contributed by atoms with Crippen molar-refractivity contribution in [3.63, 3.8) is 0 Å². The highest BCUT2D eigenvalue weighted by Gasteiger charge is 2.18. The second kappa shape index (κ2) is 4.69. The van der Waals surface area contributed by atoms with Gasteiger partial charge < -0.3 is 0 Å². The number of rotatable bonds is 1. The van der Waals surface area contributed by atoms with Gasteiger partial charge in [-0.2, -0.15) is 9.78 Å². The molecular formula is C13H11N5O2. The summed E-state index contributed by atoms with van der Waals surface area (Å²) in [6, 6.07) is 9.00. The number of nitrogens with zero attached hydrogens (tertiary/aromatic N) is 4. The van der Waals surface area contributed by atoms with E-state index in [9.17, 15) is 9.59 Å². The Labute approximate surface area is 114 Å². The SMILES string of the molecule is CC1=Nn2c(nnc(-c3ccccc3)c2=O)NC(=O)C1. The first-order valence-corrected chi connectivity index (χ1v) is 6.04. The molecule has 3 rings (SSSR count). The smallest absolute Gasteiger partial charge is 0.293 e. The Bertz CT molecular complexity index is 764. The van der Waals surface area contributed by atoms with Gasteiger partial charge in [0.2, 0.25) is 5.91 Å². The molecule has 7 nitrogen and oxygen atoms in total. The first kappa shape index (κ1) is 12.2. The predicted molar refractivity (Wildman–Crippen MR) is 73.5 cm³/mol. The number of carbonyl (C=O) groups is 1. The number of hydrogen-bond donors (Lipinski definition) is 1. The lowest BCUT2D eigenvalue weighted by Crippen LogP contribution is -2.25. The average molecular weight is 269 g/mol. The number of carbonyl (C=O) groups excluding carboxylic acids is 1. The largest absolute Gasteiger partial charge is 0.302 e. The summed E-state index contributed by atoms with van der Waals surface area (Å²) in [5.41, 5.74) is 0.976. The molecule has 1 aromatic carbocycles. The molecular weight excluding hydrogens is 258 g/mol. The van der Waals surface area contributed by atoms with Crippen LogP contribution in [0.2, 0.25) is 0 Å². The molecule has 1 aromatic heterocycles. The Kier molecular flexibility index (Phi) is 2.86. The van der Waals surface area contributed by atoms with Crippen molar-refractivity contribution in [1.82, 2.24) is 14.9 Å². The van der Waals surface area contributed by atoms with Gasteiger partial charge in [0.1, 0.15) is 0 Å². The van der Waals surface area contributed by atoms with Crippen LogP contribution < -0.4 is 10.9 Å². The molecule has 20 heavy (non-hydrogen) atoms. The maximum Gasteiger partial charge on any atom is 0.302 e. The Morgan fingerprint density at radius 3 is 2.65 bits per heavy atom. The lowest BCUT2D eigenvalue weighted by atomic mass is 10.2. The van der Waals surface area contributed by atoms with Crippen molar-refractivity contribution in [2.75, 3.05) is 5.32 Å². The molecule has 0 radical (unpaired) electrons. The molecule has 0 unspecified atom stereocenters. The summed E-state index contributed by atoms with van der Waals surface area (Å²) in [5.74, 6) is -0.227. The fourth-order valence-electron chi connectivity index (χ4n) is 1.93. The minimum atomic E-state index is -0.414. The molecule has 0 atom stereocenters. The minimum absolute atomic E-state index is 0.0385. The number of fused-ring (bicyclic) bond motifs is 1. The molecule has 1 N–H and O–H groups in total. The molecule has 0 saturated heterocycles. The number of nitrogens with one attached hydrogen (secondary N) is 1. The Hall–Kier alpha value is -2.83. The second-order valence-corrected chi connectivity index (χ2v) is 4.42. The normalized spacial score (nSPS) is 14.1. The molecule has 0 spiro atoms. The molecule has 0 bridgehead atoms. The van der Waals surface area contributed by atoms with Crippen LogP contribution in [-0.2, 0) is 4.79 Å². The summed E-state index contributed by atoms with van der Waals surface area (Å²) in [4.78, 5) is 24.0. The summed E-state index contributed by atoms with van der Waals surface area (Å²) in [6.45, 7) is 1.68. The zero-order valence-electron chi connectivity index (χ0n) is 10.7. The molecule has 1 aliphatic rings. The van der Waals surface area contributed by atoms with Crippen molar-refractivity contribution in [3.8, 4) is 11.3 Å². The van der Waals surface area contributed by atoms with E-state index in [1.165, 1.54) is 0 Å². The zero-order valence-corrected chi connectivity index (χ0v) is 10.7. The van der Waals surface area contributed by atoms with Crippen molar-refractivity contribution < 1.29 is 4.79 Å². The predicted octanol–water partition coefficient (Wildman–Crippen LogP) is 0.871. The monoisotopic (exact) mass is 269 g/mol. The van der Waals surface area contributed by atoms with E-state index in [1.807, 2.05) is 18.2 Å². The van der Waals surface area contributed by atoms with Gasteiger partial charge in [-0.25, -0.2) is 0 Å². The van der Waals surface area contributed by atoms with Crippen molar-refractivity contribution >= 4 is 17.6 Å². The van der Waals surface area contributed by atoms with Crippen LogP contribution >= 0.6 is 0 Å². The third kappa shape index (κ3) is 2.09. The lowest BCUT2D eigenvalue weighted by Gasteiger charge is -2.06. The van der Waals surface area contributed by atoms with Crippen LogP contribution in [-0.4, -0.2) is 26.5 Å². The van der Waals surface area contributed by atoms with Gasteiger partial charge in [0.25, 0.3) is 5.95 Å². The van der Waals surface area contributed by atoms with E-state index >= 15 is 0 Å². The Morgan fingerprint density at radius 1 is 1.15 bits per heavy atom. The third-order valence-corrected chi connectivity index (χ3v) is 2.83. The van der Waals surface area contributed by atoms with Gasteiger partial charge >= 0.3 is 5.56 Å². The molecule has 100 valence electrons. The molecule has 2 aromatic rings. The topological polar surface area (TPSA) is 89.2 Å². The molecule has 0 aliphatic carbocycles. The van der Waals surface area contributed by atoms with E-state index in [4.69, 9.17) is 0 Å². The van der Waals surface area contributed by atoms with Gasteiger partial charge in [0.05, 0.1) is 6.42 Å².